The first-order valence-corrected chi connectivity index (χ1v) is 7.05. The van der Waals surface area contributed by atoms with Crippen LogP contribution in [0.1, 0.15) is 25.7 Å². The number of nitrogens with two attached hydrogens (primary N) is 4. The predicted molar refractivity (Wildman–Crippen MR) is 80.4 cm³/mol. The number of hydrogen-bond acceptors (Lipinski definition) is 6. The average Bonchev–Trinajstić information content (AvgIpc) is 2.39. The molecule has 0 aromatic carbocycles. The van der Waals surface area contributed by atoms with Crippen molar-refractivity contribution in [3.05, 3.63) is 0 Å². The summed E-state index contributed by atoms with van der Waals surface area (Å²) in [4.78, 5) is 0. The third-order valence-corrected chi connectivity index (χ3v) is 2.23. The molecule has 112 valence electrons. The number of nitrogens with one attached hydrogen (secondary N) is 2. The highest BCUT2D eigenvalue weighted by Gasteiger charge is 1.84. The SMILES string of the molecule is NCCCNCCCN.NCCCNCCCN. The Morgan fingerprint density at radius 3 is 0.833 bits per heavy atom. The fraction of sp³-hybridized carbons (Fsp3) is 1.00. The van der Waals surface area contributed by atoms with E-state index < -0.39 is 0 Å². The summed E-state index contributed by atoms with van der Waals surface area (Å²) in [7, 11) is 0. The number of rotatable bonds is 12. The number of hydrogen-bond donors (Lipinski definition) is 6. The molecule has 0 aromatic rings. The second kappa shape index (κ2) is 22.0. The Labute approximate surface area is 112 Å². The lowest BCUT2D eigenvalue weighted by molar-refractivity contribution is 0.631. The van der Waals surface area contributed by atoms with Gasteiger partial charge in [-0.05, 0) is 78.0 Å². The molecule has 6 heteroatoms. The van der Waals surface area contributed by atoms with Crippen LogP contribution in [0.3, 0.4) is 0 Å². The Morgan fingerprint density at radius 1 is 0.444 bits per heavy atom. The summed E-state index contributed by atoms with van der Waals surface area (Å²) in [5, 5.41) is 6.45. The normalized spacial score (nSPS) is 10.0. The van der Waals surface area contributed by atoms with Crippen LogP contribution in [0, 0.1) is 0 Å². The van der Waals surface area contributed by atoms with Crippen LogP contribution in [0.4, 0.5) is 0 Å². The van der Waals surface area contributed by atoms with Gasteiger partial charge in [0.2, 0.25) is 0 Å². The van der Waals surface area contributed by atoms with E-state index in [1.54, 1.807) is 0 Å². The highest BCUT2D eigenvalue weighted by Crippen LogP contribution is 1.72. The third-order valence-electron chi connectivity index (χ3n) is 2.23. The molecule has 0 radical (unpaired) electrons. The van der Waals surface area contributed by atoms with Crippen molar-refractivity contribution in [2.45, 2.75) is 25.7 Å². The first-order valence-electron chi connectivity index (χ1n) is 7.05. The molecular formula is C12H34N6. The molecule has 0 saturated carbocycles. The molecule has 0 rings (SSSR count). The zero-order valence-electron chi connectivity index (χ0n) is 11.8. The molecule has 6 nitrogen and oxygen atoms in total. The molecule has 0 amide bonds. The van der Waals surface area contributed by atoms with Gasteiger partial charge in [-0.25, -0.2) is 0 Å². The van der Waals surface area contributed by atoms with Gasteiger partial charge in [0.15, 0.2) is 0 Å². The zero-order valence-corrected chi connectivity index (χ0v) is 11.8. The molecule has 0 aliphatic carbocycles. The van der Waals surface area contributed by atoms with Gasteiger partial charge in [-0.15, -0.1) is 0 Å². The maximum absolute atomic E-state index is 5.28. The largest absolute Gasteiger partial charge is 0.330 e. The monoisotopic (exact) mass is 262 g/mol. The Kier molecular flexibility index (Phi) is 24.5. The third kappa shape index (κ3) is 24.8. The van der Waals surface area contributed by atoms with Crippen LogP contribution in [0.5, 0.6) is 0 Å². The lowest BCUT2D eigenvalue weighted by Gasteiger charge is -2.00. The molecule has 0 spiro atoms. The summed E-state index contributed by atoms with van der Waals surface area (Å²) in [6, 6.07) is 0. The van der Waals surface area contributed by atoms with Crippen molar-refractivity contribution < 1.29 is 0 Å². The van der Waals surface area contributed by atoms with E-state index in [4.69, 9.17) is 22.9 Å². The Hall–Kier alpha value is -0.240. The Balaban J connectivity index is 0. The second-order valence-corrected chi connectivity index (χ2v) is 4.07. The van der Waals surface area contributed by atoms with Gasteiger partial charge < -0.3 is 33.6 Å². The first-order chi connectivity index (χ1) is 8.83. The Bertz CT molecular complexity index is 97.1. The maximum Gasteiger partial charge on any atom is -0.00369 e. The van der Waals surface area contributed by atoms with Gasteiger partial charge in [0.1, 0.15) is 0 Å². The van der Waals surface area contributed by atoms with Crippen LogP contribution >= 0.6 is 0 Å². The summed E-state index contributed by atoms with van der Waals surface area (Å²) < 4.78 is 0. The van der Waals surface area contributed by atoms with Gasteiger partial charge in [-0.3, -0.25) is 0 Å². The summed E-state index contributed by atoms with van der Waals surface area (Å²) in [6.45, 7) is 7.19. The van der Waals surface area contributed by atoms with E-state index >= 15 is 0 Å². The molecule has 0 aliphatic heterocycles. The smallest absolute Gasteiger partial charge is 0.00369 e. The van der Waals surface area contributed by atoms with E-state index in [1.807, 2.05) is 0 Å². The van der Waals surface area contributed by atoms with E-state index in [-0.39, 0.29) is 0 Å². The zero-order chi connectivity index (χ0) is 13.9. The first kappa shape index (κ1) is 20.1. The summed E-state index contributed by atoms with van der Waals surface area (Å²) in [5.41, 5.74) is 21.1. The molecule has 0 atom stereocenters. The standard InChI is InChI=1S/2C6H17N3/c2*7-3-1-5-9-6-2-4-8/h2*9H,1-8H2. The molecule has 0 heterocycles. The van der Waals surface area contributed by atoms with Gasteiger partial charge in [0, 0.05) is 0 Å². The van der Waals surface area contributed by atoms with Crippen LogP contribution in [-0.4, -0.2) is 52.4 Å². The second-order valence-electron chi connectivity index (χ2n) is 4.07. The fourth-order valence-electron chi connectivity index (χ4n) is 1.16. The van der Waals surface area contributed by atoms with Gasteiger partial charge >= 0.3 is 0 Å². The van der Waals surface area contributed by atoms with Crippen LogP contribution in [0.2, 0.25) is 0 Å². The molecular weight excluding hydrogens is 228 g/mol. The van der Waals surface area contributed by atoms with E-state index in [2.05, 4.69) is 10.6 Å². The van der Waals surface area contributed by atoms with Crippen molar-refractivity contribution in [1.82, 2.24) is 10.6 Å². The van der Waals surface area contributed by atoms with Gasteiger partial charge in [0.05, 0.1) is 0 Å². The van der Waals surface area contributed by atoms with Crippen LogP contribution in [0.15, 0.2) is 0 Å². The molecule has 18 heavy (non-hydrogen) atoms. The van der Waals surface area contributed by atoms with Crippen molar-refractivity contribution in [2.75, 3.05) is 52.4 Å². The van der Waals surface area contributed by atoms with E-state index in [0.717, 1.165) is 78.0 Å². The fourth-order valence-corrected chi connectivity index (χ4v) is 1.16. The molecule has 0 bridgehead atoms. The minimum absolute atomic E-state index is 0.773. The van der Waals surface area contributed by atoms with Crippen LogP contribution < -0.4 is 33.6 Å². The van der Waals surface area contributed by atoms with E-state index in [0.29, 0.717) is 0 Å². The average molecular weight is 262 g/mol. The highest BCUT2D eigenvalue weighted by molar-refractivity contribution is 4.48. The lowest BCUT2D eigenvalue weighted by atomic mass is 10.4. The molecule has 0 fully saturated rings. The summed E-state index contributed by atoms with van der Waals surface area (Å²) >= 11 is 0. The lowest BCUT2D eigenvalue weighted by Crippen LogP contribution is -2.21. The van der Waals surface area contributed by atoms with Crippen LogP contribution in [-0.2, 0) is 0 Å². The quantitative estimate of drug-likeness (QED) is 0.239. The van der Waals surface area contributed by atoms with Crippen LogP contribution in [0.25, 0.3) is 0 Å². The van der Waals surface area contributed by atoms with Crippen molar-refractivity contribution >= 4 is 0 Å². The van der Waals surface area contributed by atoms with Gasteiger partial charge in [0.25, 0.3) is 0 Å². The minimum Gasteiger partial charge on any atom is -0.330 e. The van der Waals surface area contributed by atoms with Crippen molar-refractivity contribution in [2.24, 2.45) is 22.9 Å². The van der Waals surface area contributed by atoms with E-state index in [9.17, 15) is 0 Å². The minimum atomic E-state index is 0.773. The Morgan fingerprint density at radius 2 is 0.667 bits per heavy atom. The topological polar surface area (TPSA) is 128 Å². The summed E-state index contributed by atoms with van der Waals surface area (Å²) in [6.07, 6.45) is 4.24. The van der Waals surface area contributed by atoms with Crippen molar-refractivity contribution in [3.63, 3.8) is 0 Å². The van der Waals surface area contributed by atoms with E-state index in [1.165, 1.54) is 0 Å². The maximum atomic E-state index is 5.28. The van der Waals surface area contributed by atoms with Crippen molar-refractivity contribution in [1.29, 1.82) is 0 Å². The van der Waals surface area contributed by atoms with Gasteiger partial charge in [-0.2, -0.15) is 0 Å². The van der Waals surface area contributed by atoms with Crippen molar-refractivity contribution in [3.8, 4) is 0 Å². The summed E-state index contributed by atoms with van der Waals surface area (Å²) in [5.74, 6) is 0. The molecule has 0 aromatic heterocycles. The predicted octanol–water partition coefficient (Wildman–Crippen LogP) is -1.45. The molecule has 10 N–H and O–H groups in total. The molecule has 0 aliphatic rings. The molecule has 0 saturated heterocycles. The molecule has 0 unspecified atom stereocenters. The highest BCUT2D eigenvalue weighted by atomic mass is 14.9. The van der Waals surface area contributed by atoms with Gasteiger partial charge in [-0.1, -0.05) is 0 Å².